The molecule has 1 fully saturated rings. The Hall–Kier alpha value is -0.610. The molecule has 0 aromatic rings. The summed E-state index contributed by atoms with van der Waals surface area (Å²) in [7, 11) is 0. The van der Waals surface area contributed by atoms with Gasteiger partial charge in [0.15, 0.2) is 0 Å². The van der Waals surface area contributed by atoms with Gasteiger partial charge in [-0.25, -0.2) is 0 Å². The van der Waals surface area contributed by atoms with Crippen molar-refractivity contribution in [2.45, 2.75) is 45.1 Å². The molecule has 1 heterocycles. The molecule has 0 bridgehead atoms. The first-order valence-corrected chi connectivity index (χ1v) is 6.21. The summed E-state index contributed by atoms with van der Waals surface area (Å²) in [6, 6.07) is 0. The molecule has 1 aliphatic rings. The smallest absolute Gasteiger partial charge is 0.224 e. The fourth-order valence-electron chi connectivity index (χ4n) is 2.05. The highest BCUT2D eigenvalue weighted by Gasteiger charge is 2.30. The van der Waals surface area contributed by atoms with E-state index in [1.165, 1.54) is 0 Å². The normalized spacial score (nSPS) is 21.4. The number of ether oxygens (including phenoxy) is 1. The maximum atomic E-state index is 12.0. The van der Waals surface area contributed by atoms with Crippen molar-refractivity contribution in [3.05, 3.63) is 0 Å². The molecular weight excluding hydrogens is 204 g/mol. The summed E-state index contributed by atoms with van der Waals surface area (Å²) < 4.78 is 5.30. The van der Waals surface area contributed by atoms with Gasteiger partial charge in [0, 0.05) is 25.3 Å². The minimum absolute atomic E-state index is 0.0373. The Kier molecular flexibility index (Phi) is 5.22. The van der Waals surface area contributed by atoms with Gasteiger partial charge in [0.2, 0.25) is 5.91 Å². The molecule has 0 aromatic heterocycles. The first-order chi connectivity index (χ1) is 7.61. The van der Waals surface area contributed by atoms with E-state index in [1.807, 2.05) is 0 Å². The third kappa shape index (κ3) is 3.76. The molecule has 1 rings (SSSR count). The SMILES string of the molecule is CCCC(CN)C(=O)NC1(C)CCOCC1. The predicted molar refractivity (Wildman–Crippen MR) is 64.1 cm³/mol. The molecule has 4 heteroatoms. The third-order valence-corrected chi connectivity index (χ3v) is 3.31. The molecule has 4 nitrogen and oxygen atoms in total. The second kappa shape index (κ2) is 6.21. The second-order valence-corrected chi connectivity index (χ2v) is 4.88. The lowest BCUT2D eigenvalue weighted by molar-refractivity contribution is -0.127. The zero-order chi connectivity index (χ0) is 12.0. The summed E-state index contributed by atoms with van der Waals surface area (Å²) in [6.45, 7) is 6.07. The average Bonchev–Trinajstić information content (AvgIpc) is 2.26. The molecule has 0 aliphatic carbocycles. The van der Waals surface area contributed by atoms with Gasteiger partial charge in [-0.1, -0.05) is 13.3 Å². The van der Waals surface area contributed by atoms with E-state index in [2.05, 4.69) is 19.2 Å². The summed E-state index contributed by atoms with van der Waals surface area (Å²) in [6.07, 6.45) is 3.65. The van der Waals surface area contributed by atoms with Crippen LogP contribution in [-0.4, -0.2) is 31.2 Å². The van der Waals surface area contributed by atoms with Crippen LogP contribution >= 0.6 is 0 Å². The highest BCUT2D eigenvalue weighted by molar-refractivity contribution is 5.79. The highest BCUT2D eigenvalue weighted by Crippen LogP contribution is 2.20. The van der Waals surface area contributed by atoms with Crippen molar-refractivity contribution in [1.29, 1.82) is 0 Å². The van der Waals surface area contributed by atoms with Crippen molar-refractivity contribution in [3.8, 4) is 0 Å². The van der Waals surface area contributed by atoms with Crippen molar-refractivity contribution in [3.63, 3.8) is 0 Å². The maximum absolute atomic E-state index is 12.0. The second-order valence-electron chi connectivity index (χ2n) is 4.88. The molecule has 0 aromatic carbocycles. The number of carbonyl (C=O) groups excluding carboxylic acids is 1. The van der Waals surface area contributed by atoms with Gasteiger partial charge in [-0.3, -0.25) is 4.79 Å². The fraction of sp³-hybridized carbons (Fsp3) is 0.917. The lowest BCUT2D eigenvalue weighted by atomic mass is 9.91. The van der Waals surface area contributed by atoms with Gasteiger partial charge in [-0.15, -0.1) is 0 Å². The quantitative estimate of drug-likeness (QED) is 0.739. The zero-order valence-corrected chi connectivity index (χ0v) is 10.4. The van der Waals surface area contributed by atoms with E-state index in [0.717, 1.165) is 38.9 Å². The lowest BCUT2D eigenvalue weighted by Crippen LogP contribution is -2.52. The standard InChI is InChI=1S/C12H24N2O2/c1-3-4-10(9-13)11(15)14-12(2)5-7-16-8-6-12/h10H,3-9,13H2,1-2H3,(H,14,15). The number of rotatable bonds is 5. The van der Waals surface area contributed by atoms with Crippen LogP contribution in [0.4, 0.5) is 0 Å². The molecule has 0 saturated carbocycles. The monoisotopic (exact) mass is 228 g/mol. The first kappa shape index (κ1) is 13.5. The topological polar surface area (TPSA) is 64.4 Å². The highest BCUT2D eigenvalue weighted by atomic mass is 16.5. The Morgan fingerprint density at radius 1 is 1.50 bits per heavy atom. The first-order valence-electron chi connectivity index (χ1n) is 6.21. The zero-order valence-electron chi connectivity index (χ0n) is 10.4. The van der Waals surface area contributed by atoms with Gasteiger partial charge in [0.1, 0.15) is 0 Å². The number of nitrogens with two attached hydrogens (primary N) is 1. The number of hydrogen-bond acceptors (Lipinski definition) is 3. The largest absolute Gasteiger partial charge is 0.381 e. The molecule has 1 saturated heterocycles. The Labute approximate surface area is 97.9 Å². The number of hydrogen-bond donors (Lipinski definition) is 2. The van der Waals surface area contributed by atoms with E-state index >= 15 is 0 Å². The molecule has 1 amide bonds. The molecule has 3 N–H and O–H groups in total. The Bertz CT molecular complexity index is 225. The van der Waals surface area contributed by atoms with Gasteiger partial charge in [-0.05, 0) is 26.2 Å². The molecule has 0 spiro atoms. The Balaban J connectivity index is 2.47. The van der Waals surface area contributed by atoms with Gasteiger partial charge in [0.25, 0.3) is 0 Å². The number of carbonyl (C=O) groups is 1. The summed E-state index contributed by atoms with van der Waals surface area (Å²) in [5.74, 6) is 0.0680. The van der Waals surface area contributed by atoms with E-state index in [0.29, 0.717) is 6.54 Å². The van der Waals surface area contributed by atoms with E-state index in [4.69, 9.17) is 10.5 Å². The van der Waals surface area contributed by atoms with Crippen LogP contribution < -0.4 is 11.1 Å². The summed E-state index contributed by atoms with van der Waals surface area (Å²) in [5, 5.41) is 3.13. The van der Waals surface area contributed by atoms with Crippen LogP contribution in [0.5, 0.6) is 0 Å². The van der Waals surface area contributed by atoms with Crippen LogP contribution in [0.25, 0.3) is 0 Å². The van der Waals surface area contributed by atoms with Gasteiger partial charge in [-0.2, -0.15) is 0 Å². The summed E-state index contributed by atoms with van der Waals surface area (Å²) >= 11 is 0. The van der Waals surface area contributed by atoms with Crippen LogP contribution in [0, 0.1) is 5.92 Å². The van der Waals surface area contributed by atoms with Crippen molar-refractivity contribution < 1.29 is 9.53 Å². The van der Waals surface area contributed by atoms with Crippen LogP contribution in [0.2, 0.25) is 0 Å². The van der Waals surface area contributed by atoms with Gasteiger partial charge < -0.3 is 15.8 Å². The van der Waals surface area contributed by atoms with Crippen molar-refractivity contribution in [2.75, 3.05) is 19.8 Å². The summed E-state index contributed by atoms with van der Waals surface area (Å²) in [4.78, 5) is 12.0. The van der Waals surface area contributed by atoms with E-state index in [9.17, 15) is 4.79 Å². The molecule has 0 radical (unpaired) electrons. The molecule has 16 heavy (non-hydrogen) atoms. The van der Waals surface area contributed by atoms with Crippen LogP contribution in [0.15, 0.2) is 0 Å². The van der Waals surface area contributed by atoms with Crippen LogP contribution in [0.1, 0.15) is 39.5 Å². The maximum Gasteiger partial charge on any atom is 0.224 e. The van der Waals surface area contributed by atoms with Gasteiger partial charge >= 0.3 is 0 Å². The van der Waals surface area contributed by atoms with Crippen molar-refractivity contribution in [2.24, 2.45) is 11.7 Å². The molecular formula is C12H24N2O2. The minimum atomic E-state index is -0.101. The average molecular weight is 228 g/mol. The van der Waals surface area contributed by atoms with E-state index in [-0.39, 0.29) is 17.4 Å². The van der Waals surface area contributed by atoms with E-state index in [1.54, 1.807) is 0 Å². The third-order valence-electron chi connectivity index (χ3n) is 3.31. The van der Waals surface area contributed by atoms with Gasteiger partial charge in [0.05, 0.1) is 5.92 Å². The van der Waals surface area contributed by atoms with Crippen LogP contribution in [0.3, 0.4) is 0 Å². The van der Waals surface area contributed by atoms with Crippen molar-refractivity contribution in [1.82, 2.24) is 5.32 Å². The lowest BCUT2D eigenvalue weighted by Gasteiger charge is -2.35. The van der Waals surface area contributed by atoms with Crippen LogP contribution in [-0.2, 0) is 9.53 Å². The van der Waals surface area contributed by atoms with Crippen molar-refractivity contribution >= 4 is 5.91 Å². The molecule has 1 unspecified atom stereocenters. The van der Waals surface area contributed by atoms with E-state index < -0.39 is 0 Å². The fourth-order valence-corrected chi connectivity index (χ4v) is 2.05. The summed E-state index contributed by atoms with van der Waals surface area (Å²) in [5.41, 5.74) is 5.52. The minimum Gasteiger partial charge on any atom is -0.381 e. The molecule has 1 aliphatic heterocycles. The Morgan fingerprint density at radius 3 is 2.62 bits per heavy atom. The predicted octanol–water partition coefficient (Wildman–Crippen LogP) is 1.05. The number of amides is 1. The molecule has 94 valence electrons. The molecule has 1 atom stereocenters. The Morgan fingerprint density at radius 2 is 2.12 bits per heavy atom. The number of nitrogens with one attached hydrogen (secondary N) is 1.